The molecule has 1 saturated heterocycles. The van der Waals surface area contributed by atoms with Crippen molar-refractivity contribution < 1.29 is 4.79 Å². The number of carbonyl (C=O) groups is 1. The Hall–Kier alpha value is -0.530. The van der Waals surface area contributed by atoms with E-state index < -0.39 is 0 Å². The zero-order valence-electron chi connectivity index (χ0n) is 6.19. The Morgan fingerprint density at radius 3 is 2.33 bits per heavy atom. The van der Waals surface area contributed by atoms with E-state index in [9.17, 15) is 4.79 Å². The average Bonchev–Trinajstić information content (AvgIpc) is 1.82. The standard InChI is InChI=1S/C7H13NO/c1-4-5-7(2,3)6(9)8-5/h5H,4H2,1-3H3,(H,8,9). The molecule has 1 unspecified atom stereocenters. The average molecular weight is 127 g/mol. The molecule has 9 heavy (non-hydrogen) atoms. The van der Waals surface area contributed by atoms with Crippen LogP contribution >= 0.6 is 0 Å². The van der Waals surface area contributed by atoms with E-state index in [0.717, 1.165) is 6.42 Å². The van der Waals surface area contributed by atoms with Gasteiger partial charge in [-0.25, -0.2) is 0 Å². The Morgan fingerprint density at radius 2 is 2.22 bits per heavy atom. The predicted octanol–water partition coefficient (Wildman–Crippen LogP) is 0.921. The molecule has 1 aliphatic rings. The van der Waals surface area contributed by atoms with Gasteiger partial charge in [-0.1, -0.05) is 6.92 Å². The van der Waals surface area contributed by atoms with Crippen molar-refractivity contribution in [3.63, 3.8) is 0 Å². The number of β-lactam (4-membered cyclic amide) rings is 1. The summed E-state index contributed by atoms with van der Waals surface area (Å²) < 4.78 is 0. The number of carbonyl (C=O) groups excluding carboxylic acids is 1. The Bertz CT molecular complexity index is 140. The molecule has 0 radical (unpaired) electrons. The predicted molar refractivity (Wildman–Crippen MR) is 36.0 cm³/mol. The first kappa shape index (κ1) is 6.59. The number of rotatable bonds is 1. The highest BCUT2D eigenvalue weighted by atomic mass is 16.2. The van der Waals surface area contributed by atoms with Crippen LogP contribution in [0.4, 0.5) is 0 Å². The third-order valence-corrected chi connectivity index (χ3v) is 2.17. The fourth-order valence-corrected chi connectivity index (χ4v) is 1.22. The molecule has 0 bridgehead atoms. The van der Waals surface area contributed by atoms with Gasteiger partial charge in [0.05, 0.1) is 5.41 Å². The van der Waals surface area contributed by atoms with E-state index in [2.05, 4.69) is 12.2 Å². The van der Waals surface area contributed by atoms with E-state index in [1.54, 1.807) is 0 Å². The summed E-state index contributed by atoms with van der Waals surface area (Å²) in [5, 5.41) is 2.84. The van der Waals surface area contributed by atoms with E-state index >= 15 is 0 Å². The van der Waals surface area contributed by atoms with E-state index in [1.807, 2.05) is 13.8 Å². The van der Waals surface area contributed by atoms with Crippen LogP contribution in [0.1, 0.15) is 27.2 Å². The molecule has 1 amide bonds. The lowest BCUT2D eigenvalue weighted by Crippen LogP contribution is -2.63. The lowest BCUT2D eigenvalue weighted by Gasteiger charge is -2.43. The van der Waals surface area contributed by atoms with Gasteiger partial charge in [0, 0.05) is 6.04 Å². The van der Waals surface area contributed by atoms with Crippen molar-refractivity contribution >= 4 is 5.91 Å². The SMILES string of the molecule is CCC1NC(=O)C1(C)C. The van der Waals surface area contributed by atoms with E-state index in [4.69, 9.17) is 0 Å². The molecule has 1 atom stereocenters. The summed E-state index contributed by atoms with van der Waals surface area (Å²) in [5.74, 6) is 0.189. The Morgan fingerprint density at radius 1 is 1.67 bits per heavy atom. The quantitative estimate of drug-likeness (QED) is 0.521. The van der Waals surface area contributed by atoms with Crippen molar-refractivity contribution in [2.75, 3.05) is 0 Å². The molecule has 1 rings (SSSR count). The summed E-state index contributed by atoms with van der Waals surface area (Å²) in [6.45, 7) is 6.06. The van der Waals surface area contributed by atoms with Crippen molar-refractivity contribution in [3.05, 3.63) is 0 Å². The lowest BCUT2D eigenvalue weighted by molar-refractivity contribution is -0.142. The third kappa shape index (κ3) is 0.732. The highest BCUT2D eigenvalue weighted by Gasteiger charge is 2.45. The van der Waals surface area contributed by atoms with Crippen molar-refractivity contribution in [2.45, 2.75) is 33.2 Å². The van der Waals surface area contributed by atoms with Crippen molar-refractivity contribution in [1.82, 2.24) is 5.32 Å². The summed E-state index contributed by atoms with van der Waals surface area (Å²) >= 11 is 0. The molecule has 52 valence electrons. The summed E-state index contributed by atoms with van der Waals surface area (Å²) in [6.07, 6.45) is 1.04. The highest BCUT2D eigenvalue weighted by Crippen LogP contribution is 2.30. The van der Waals surface area contributed by atoms with Crippen LogP contribution in [-0.4, -0.2) is 11.9 Å². The molecule has 1 N–H and O–H groups in total. The first-order valence-corrected chi connectivity index (χ1v) is 3.40. The third-order valence-electron chi connectivity index (χ3n) is 2.17. The van der Waals surface area contributed by atoms with Crippen LogP contribution in [-0.2, 0) is 4.79 Å². The zero-order valence-corrected chi connectivity index (χ0v) is 6.19. The normalized spacial score (nSPS) is 31.0. The summed E-state index contributed by atoms with van der Waals surface area (Å²) in [6, 6.07) is 0.407. The van der Waals surface area contributed by atoms with Crippen LogP contribution in [0.25, 0.3) is 0 Å². The molecule has 1 heterocycles. The first-order valence-electron chi connectivity index (χ1n) is 3.40. The monoisotopic (exact) mass is 127 g/mol. The van der Waals surface area contributed by atoms with Gasteiger partial charge in [-0.3, -0.25) is 4.79 Å². The molecule has 0 aromatic heterocycles. The van der Waals surface area contributed by atoms with Crippen LogP contribution < -0.4 is 5.32 Å². The van der Waals surface area contributed by atoms with Gasteiger partial charge in [-0.05, 0) is 20.3 Å². The molecule has 2 nitrogen and oxygen atoms in total. The molecular formula is C7H13NO. The van der Waals surface area contributed by atoms with Crippen molar-refractivity contribution in [3.8, 4) is 0 Å². The van der Waals surface area contributed by atoms with Gasteiger partial charge in [0.2, 0.25) is 5.91 Å². The lowest BCUT2D eigenvalue weighted by atomic mass is 9.75. The molecule has 0 aliphatic carbocycles. The van der Waals surface area contributed by atoms with Gasteiger partial charge in [0.25, 0.3) is 0 Å². The van der Waals surface area contributed by atoms with Crippen LogP contribution in [0.5, 0.6) is 0 Å². The van der Waals surface area contributed by atoms with Crippen molar-refractivity contribution in [1.29, 1.82) is 0 Å². The molecule has 2 heteroatoms. The second kappa shape index (κ2) is 1.72. The minimum atomic E-state index is -0.102. The van der Waals surface area contributed by atoms with Gasteiger partial charge in [0.15, 0.2) is 0 Å². The molecule has 0 spiro atoms. The number of hydrogen-bond acceptors (Lipinski definition) is 1. The van der Waals surface area contributed by atoms with E-state index in [0.29, 0.717) is 6.04 Å². The minimum Gasteiger partial charge on any atom is -0.352 e. The second-order valence-corrected chi connectivity index (χ2v) is 3.16. The molecule has 1 aliphatic heterocycles. The summed E-state index contributed by atoms with van der Waals surface area (Å²) in [7, 11) is 0. The van der Waals surface area contributed by atoms with Crippen LogP contribution in [0.2, 0.25) is 0 Å². The largest absolute Gasteiger partial charge is 0.352 e. The van der Waals surface area contributed by atoms with Gasteiger partial charge >= 0.3 is 0 Å². The Labute approximate surface area is 55.6 Å². The van der Waals surface area contributed by atoms with Gasteiger partial charge in [-0.2, -0.15) is 0 Å². The molecule has 0 aromatic carbocycles. The smallest absolute Gasteiger partial charge is 0.227 e. The first-order chi connectivity index (χ1) is 4.09. The molecule has 0 aromatic rings. The second-order valence-electron chi connectivity index (χ2n) is 3.16. The summed E-state index contributed by atoms with van der Waals surface area (Å²) in [5.41, 5.74) is -0.102. The topological polar surface area (TPSA) is 29.1 Å². The van der Waals surface area contributed by atoms with Gasteiger partial charge < -0.3 is 5.32 Å². The van der Waals surface area contributed by atoms with Crippen LogP contribution in [0.3, 0.4) is 0 Å². The number of hydrogen-bond donors (Lipinski definition) is 1. The Balaban J connectivity index is 2.58. The van der Waals surface area contributed by atoms with E-state index in [-0.39, 0.29) is 11.3 Å². The van der Waals surface area contributed by atoms with Gasteiger partial charge in [-0.15, -0.1) is 0 Å². The van der Waals surface area contributed by atoms with Crippen molar-refractivity contribution in [2.24, 2.45) is 5.41 Å². The Kier molecular flexibility index (Phi) is 1.26. The van der Waals surface area contributed by atoms with Crippen LogP contribution in [0, 0.1) is 5.41 Å². The molecule has 0 saturated carbocycles. The van der Waals surface area contributed by atoms with Crippen LogP contribution in [0.15, 0.2) is 0 Å². The minimum absolute atomic E-state index is 0.102. The maximum absolute atomic E-state index is 10.8. The fourth-order valence-electron chi connectivity index (χ4n) is 1.22. The number of amides is 1. The molecular weight excluding hydrogens is 114 g/mol. The number of nitrogens with one attached hydrogen (secondary N) is 1. The fraction of sp³-hybridized carbons (Fsp3) is 0.857. The highest BCUT2D eigenvalue weighted by molar-refractivity contribution is 5.89. The van der Waals surface area contributed by atoms with E-state index in [1.165, 1.54) is 0 Å². The summed E-state index contributed by atoms with van der Waals surface area (Å²) in [4.78, 5) is 10.8. The zero-order chi connectivity index (χ0) is 7.07. The molecule has 1 fully saturated rings. The van der Waals surface area contributed by atoms with Gasteiger partial charge in [0.1, 0.15) is 0 Å². The maximum atomic E-state index is 10.8. The maximum Gasteiger partial charge on any atom is 0.227 e.